The van der Waals surface area contributed by atoms with Crippen LogP contribution in [0.4, 0.5) is 0 Å². The van der Waals surface area contributed by atoms with E-state index in [0.717, 1.165) is 20.7 Å². The van der Waals surface area contributed by atoms with Crippen LogP contribution in [0.25, 0.3) is 10.6 Å². The smallest absolute Gasteiger partial charge is 0.226 e. The van der Waals surface area contributed by atoms with Crippen LogP contribution in [0.15, 0.2) is 34.1 Å². The molecular formula is C17H22BrN3OS. The van der Waals surface area contributed by atoms with Gasteiger partial charge in [0.15, 0.2) is 0 Å². The minimum absolute atomic E-state index is 0.0438. The molecule has 0 aliphatic heterocycles. The molecule has 1 aromatic heterocycles. The van der Waals surface area contributed by atoms with Crippen LogP contribution in [0, 0.1) is 5.92 Å². The highest BCUT2D eigenvalue weighted by Gasteiger charge is 2.28. The molecule has 2 aromatic rings. The van der Waals surface area contributed by atoms with Gasteiger partial charge in [-0.2, -0.15) is 0 Å². The first-order valence-corrected chi connectivity index (χ1v) is 9.23. The van der Waals surface area contributed by atoms with E-state index in [-0.39, 0.29) is 23.8 Å². The topological polar surface area (TPSA) is 68.0 Å². The molecule has 0 aliphatic carbocycles. The fourth-order valence-corrected chi connectivity index (χ4v) is 3.32. The van der Waals surface area contributed by atoms with Crippen molar-refractivity contribution in [2.45, 2.75) is 32.7 Å². The van der Waals surface area contributed by atoms with Crippen LogP contribution in [-0.2, 0) is 11.2 Å². The predicted octanol–water partition coefficient (Wildman–Crippen LogP) is 3.60. The van der Waals surface area contributed by atoms with E-state index in [1.807, 2.05) is 36.6 Å². The lowest BCUT2D eigenvalue weighted by molar-refractivity contribution is -0.122. The molecule has 23 heavy (non-hydrogen) atoms. The second kappa shape index (κ2) is 7.55. The second-order valence-electron chi connectivity index (χ2n) is 6.16. The van der Waals surface area contributed by atoms with Gasteiger partial charge in [-0.05, 0) is 25.0 Å². The summed E-state index contributed by atoms with van der Waals surface area (Å²) in [5, 5.41) is 5.89. The zero-order chi connectivity index (χ0) is 17.0. The molecule has 0 spiro atoms. The van der Waals surface area contributed by atoms with Gasteiger partial charge in [0.05, 0.1) is 17.7 Å². The third kappa shape index (κ3) is 4.62. The standard InChI is InChI=1S/C17H22BrN3OS/c1-11(2)17(3,10-19)21-15(22)8-14-9-23-16(20-14)12-5-4-6-13(18)7-12/h4-7,9,11H,8,10,19H2,1-3H3,(H,21,22). The van der Waals surface area contributed by atoms with Crippen molar-refractivity contribution in [2.75, 3.05) is 6.54 Å². The van der Waals surface area contributed by atoms with Gasteiger partial charge in [0.2, 0.25) is 5.91 Å². The maximum atomic E-state index is 12.3. The zero-order valence-corrected chi connectivity index (χ0v) is 16.0. The summed E-state index contributed by atoms with van der Waals surface area (Å²) in [6.07, 6.45) is 0.271. The summed E-state index contributed by atoms with van der Waals surface area (Å²) in [4.78, 5) is 16.8. The Balaban J connectivity index is 2.06. The first-order chi connectivity index (χ1) is 10.8. The highest BCUT2D eigenvalue weighted by Crippen LogP contribution is 2.26. The van der Waals surface area contributed by atoms with E-state index in [2.05, 4.69) is 40.1 Å². The highest BCUT2D eigenvalue weighted by atomic mass is 79.9. The molecule has 124 valence electrons. The Morgan fingerprint density at radius 3 is 2.83 bits per heavy atom. The Morgan fingerprint density at radius 1 is 1.48 bits per heavy atom. The number of carbonyl (C=O) groups excluding carboxylic acids is 1. The number of benzene rings is 1. The number of nitrogens with one attached hydrogen (secondary N) is 1. The number of thiazole rings is 1. The number of amides is 1. The average molecular weight is 396 g/mol. The molecular weight excluding hydrogens is 374 g/mol. The van der Waals surface area contributed by atoms with Gasteiger partial charge >= 0.3 is 0 Å². The lowest BCUT2D eigenvalue weighted by Crippen LogP contribution is -2.55. The van der Waals surface area contributed by atoms with E-state index in [4.69, 9.17) is 5.73 Å². The quantitative estimate of drug-likeness (QED) is 0.784. The lowest BCUT2D eigenvalue weighted by Gasteiger charge is -2.33. The van der Waals surface area contributed by atoms with Gasteiger partial charge in [-0.15, -0.1) is 11.3 Å². The third-order valence-corrected chi connectivity index (χ3v) is 5.52. The van der Waals surface area contributed by atoms with Crippen LogP contribution in [-0.4, -0.2) is 23.0 Å². The summed E-state index contributed by atoms with van der Waals surface area (Å²) in [6.45, 7) is 6.50. The number of carbonyl (C=O) groups is 1. The van der Waals surface area contributed by atoms with Crippen LogP contribution in [0.1, 0.15) is 26.5 Å². The molecule has 1 unspecified atom stereocenters. The number of rotatable bonds is 6. The highest BCUT2D eigenvalue weighted by molar-refractivity contribution is 9.10. The summed E-state index contributed by atoms with van der Waals surface area (Å²) in [6, 6.07) is 7.98. The molecule has 0 saturated carbocycles. The summed E-state index contributed by atoms with van der Waals surface area (Å²) < 4.78 is 1.01. The number of nitrogens with two attached hydrogens (primary N) is 1. The van der Waals surface area contributed by atoms with E-state index in [1.54, 1.807) is 11.3 Å². The van der Waals surface area contributed by atoms with Gasteiger partial charge in [0.25, 0.3) is 0 Å². The van der Waals surface area contributed by atoms with Crippen LogP contribution in [0.3, 0.4) is 0 Å². The Labute approximate surface area is 149 Å². The van der Waals surface area contributed by atoms with Gasteiger partial charge in [-0.25, -0.2) is 4.98 Å². The Morgan fingerprint density at radius 2 is 2.22 bits per heavy atom. The summed E-state index contributed by atoms with van der Waals surface area (Å²) in [7, 11) is 0. The lowest BCUT2D eigenvalue weighted by atomic mass is 9.88. The van der Waals surface area contributed by atoms with Crippen LogP contribution in [0.5, 0.6) is 0 Å². The largest absolute Gasteiger partial charge is 0.349 e. The first-order valence-electron chi connectivity index (χ1n) is 7.55. The number of halogens is 1. The van der Waals surface area contributed by atoms with Crippen molar-refractivity contribution in [2.24, 2.45) is 11.7 Å². The van der Waals surface area contributed by atoms with Crippen molar-refractivity contribution in [1.82, 2.24) is 10.3 Å². The molecule has 0 aliphatic rings. The number of nitrogens with zero attached hydrogens (tertiary/aromatic N) is 1. The Kier molecular flexibility index (Phi) is 5.95. The molecule has 0 fully saturated rings. The van der Waals surface area contributed by atoms with Crippen LogP contribution < -0.4 is 11.1 Å². The normalized spacial score (nSPS) is 13.8. The number of hydrogen-bond acceptors (Lipinski definition) is 4. The van der Waals surface area contributed by atoms with Crippen LogP contribution >= 0.6 is 27.3 Å². The minimum Gasteiger partial charge on any atom is -0.349 e. The molecule has 6 heteroatoms. The molecule has 1 amide bonds. The minimum atomic E-state index is -0.389. The average Bonchev–Trinajstić information content (AvgIpc) is 2.95. The fourth-order valence-electron chi connectivity index (χ4n) is 2.10. The molecule has 1 atom stereocenters. The van der Waals surface area contributed by atoms with Gasteiger partial charge in [-0.1, -0.05) is 41.9 Å². The van der Waals surface area contributed by atoms with Crippen molar-refractivity contribution < 1.29 is 4.79 Å². The monoisotopic (exact) mass is 395 g/mol. The first kappa shape index (κ1) is 18.1. The number of hydrogen-bond donors (Lipinski definition) is 2. The van der Waals surface area contributed by atoms with E-state index in [0.29, 0.717) is 6.54 Å². The molecule has 3 N–H and O–H groups in total. The molecule has 1 aromatic carbocycles. The summed E-state index contributed by atoms with van der Waals surface area (Å²) in [5.74, 6) is 0.224. The Bertz CT molecular complexity index is 686. The van der Waals surface area contributed by atoms with E-state index in [1.165, 1.54) is 0 Å². The van der Waals surface area contributed by atoms with Crippen molar-refractivity contribution in [1.29, 1.82) is 0 Å². The molecule has 0 saturated heterocycles. The van der Waals surface area contributed by atoms with Crippen molar-refractivity contribution in [3.63, 3.8) is 0 Å². The van der Waals surface area contributed by atoms with Gasteiger partial charge in [0.1, 0.15) is 5.01 Å². The zero-order valence-electron chi connectivity index (χ0n) is 13.6. The Hall–Kier alpha value is -1.24. The van der Waals surface area contributed by atoms with E-state index < -0.39 is 0 Å². The second-order valence-corrected chi connectivity index (χ2v) is 7.93. The van der Waals surface area contributed by atoms with Crippen molar-refractivity contribution >= 4 is 33.2 Å². The number of aromatic nitrogens is 1. The van der Waals surface area contributed by atoms with Gasteiger partial charge < -0.3 is 11.1 Å². The molecule has 0 bridgehead atoms. The predicted molar refractivity (Wildman–Crippen MR) is 99.4 cm³/mol. The molecule has 0 radical (unpaired) electrons. The third-order valence-electron chi connectivity index (χ3n) is 4.09. The maximum absolute atomic E-state index is 12.3. The fraction of sp³-hybridized carbons (Fsp3) is 0.412. The molecule has 4 nitrogen and oxygen atoms in total. The van der Waals surface area contributed by atoms with Gasteiger partial charge in [-0.3, -0.25) is 4.79 Å². The van der Waals surface area contributed by atoms with E-state index in [9.17, 15) is 4.79 Å². The van der Waals surface area contributed by atoms with Crippen LogP contribution in [0.2, 0.25) is 0 Å². The SMILES string of the molecule is CC(C)C(C)(CN)NC(=O)Cc1csc(-c2cccc(Br)c2)n1. The van der Waals surface area contributed by atoms with E-state index >= 15 is 0 Å². The van der Waals surface area contributed by atoms with Crippen molar-refractivity contribution in [3.05, 3.63) is 39.8 Å². The maximum Gasteiger partial charge on any atom is 0.226 e. The van der Waals surface area contributed by atoms with Crippen molar-refractivity contribution in [3.8, 4) is 10.6 Å². The van der Waals surface area contributed by atoms with Gasteiger partial charge in [0, 0.05) is 22.0 Å². The summed E-state index contributed by atoms with van der Waals surface area (Å²) >= 11 is 5.01. The molecule has 1 heterocycles. The molecule has 2 rings (SSSR count). The summed E-state index contributed by atoms with van der Waals surface area (Å²) in [5.41, 5.74) is 7.25.